The molecule has 0 aromatic carbocycles. The van der Waals surface area contributed by atoms with Gasteiger partial charge >= 0.3 is 29.8 Å². The van der Waals surface area contributed by atoms with Gasteiger partial charge in [0.05, 0.1) is 72.5 Å². The molecule has 0 saturated carbocycles. The molecule has 0 atom stereocenters. The first kappa shape index (κ1) is 65.9. The van der Waals surface area contributed by atoms with E-state index >= 15 is 0 Å². The lowest BCUT2D eigenvalue weighted by atomic mass is 10.1. The summed E-state index contributed by atoms with van der Waals surface area (Å²) in [6.07, 6.45) is 15.4. The van der Waals surface area contributed by atoms with Crippen LogP contribution in [0.4, 0.5) is 11.4 Å². The first-order valence-corrected chi connectivity index (χ1v) is 26.0. The third-order valence-electron chi connectivity index (χ3n) is 9.02. The number of anilines is 1. The molecule has 0 bridgehead atoms. The van der Waals surface area contributed by atoms with E-state index in [2.05, 4.69) is 141 Å². The Balaban J connectivity index is 0.000000445. The number of nitrogens with two attached hydrogens (primary N) is 1. The van der Waals surface area contributed by atoms with Crippen molar-refractivity contribution in [1.82, 2.24) is 54.7 Å². The molecule has 8 aromatic heterocycles. The highest BCUT2D eigenvalue weighted by Crippen LogP contribution is 2.19. The molecule has 0 unspecified atom stereocenters. The molecule has 0 saturated heterocycles. The number of nitrogen functional groups attached to an aromatic ring is 1. The number of nitro groups is 1. The lowest BCUT2D eigenvalue weighted by Crippen LogP contribution is -2.03. The molecule has 25 nitrogen and oxygen atoms in total. The number of carbonyl (C=O) groups is 5. The second-order valence-electron chi connectivity index (χ2n) is 15.0. The highest BCUT2D eigenvalue weighted by atomic mass is 127. The van der Waals surface area contributed by atoms with E-state index in [-0.39, 0.29) is 39.7 Å². The molecular weight excluding hydrogens is 1320 g/mol. The number of alkyl halides is 3. The largest absolute Gasteiger partial charge is 0.477 e. The van der Waals surface area contributed by atoms with E-state index in [1.165, 1.54) is 79.7 Å². The van der Waals surface area contributed by atoms with Crippen molar-refractivity contribution < 1.29 is 54.4 Å². The number of nitrogens with one attached hydrogen (secondary N) is 1. The van der Waals surface area contributed by atoms with Crippen molar-refractivity contribution in [2.75, 3.05) is 10.2 Å². The summed E-state index contributed by atoms with van der Waals surface area (Å²) < 4.78 is 5.43. The maximum absolute atomic E-state index is 10.8. The molecule has 0 aliphatic carbocycles. The van der Waals surface area contributed by atoms with Crippen LogP contribution in [0, 0.1) is 30.9 Å². The molecule has 0 spiro atoms. The van der Waals surface area contributed by atoms with E-state index in [1.807, 2.05) is 0 Å². The van der Waals surface area contributed by atoms with Crippen LogP contribution < -0.4 is 5.73 Å². The van der Waals surface area contributed by atoms with Crippen molar-refractivity contribution in [3.63, 3.8) is 0 Å². The minimum atomic E-state index is -1.20. The van der Waals surface area contributed by atoms with Gasteiger partial charge in [-0.1, -0.05) is 102 Å². The molecule has 8 aromatic rings. The highest BCUT2D eigenvalue weighted by molar-refractivity contribution is 14.2. The molecule has 0 aliphatic rings. The fourth-order valence-electron chi connectivity index (χ4n) is 5.12. The second kappa shape index (κ2) is 33.7. The fourth-order valence-corrected chi connectivity index (χ4v) is 5.12. The van der Waals surface area contributed by atoms with Crippen LogP contribution in [0.15, 0.2) is 73.8 Å². The van der Waals surface area contributed by atoms with Gasteiger partial charge in [-0.25, -0.2) is 48.9 Å². The summed E-state index contributed by atoms with van der Waals surface area (Å²) in [5, 5.41) is 70.2. The summed E-state index contributed by atoms with van der Waals surface area (Å²) in [4.78, 5) is 80.7. The number of hydrogen-bond acceptors (Lipinski definition) is 16. The van der Waals surface area contributed by atoms with Gasteiger partial charge in [0, 0.05) is 35.8 Å². The van der Waals surface area contributed by atoms with E-state index in [0.717, 1.165) is 46.4 Å². The number of pyridine rings is 5. The number of aryl methyl sites for hydroxylation is 5. The summed E-state index contributed by atoms with van der Waals surface area (Å²) in [7, 11) is 3.58. The van der Waals surface area contributed by atoms with Gasteiger partial charge in [0.2, 0.25) is 0 Å². The predicted molar refractivity (Wildman–Crippen MR) is 307 cm³/mol. The van der Waals surface area contributed by atoms with Crippen molar-refractivity contribution in [3.8, 4) is 0 Å². The Labute approximate surface area is 470 Å². The quantitative estimate of drug-likeness (QED) is 0.0322. The summed E-state index contributed by atoms with van der Waals surface area (Å²) in [6, 6.07) is 5.59. The zero-order chi connectivity index (χ0) is 57.1. The van der Waals surface area contributed by atoms with Gasteiger partial charge in [-0.2, -0.15) is 15.3 Å². The summed E-state index contributed by atoms with van der Waals surface area (Å²) in [5.41, 5.74) is 9.84. The molecule has 75 heavy (non-hydrogen) atoms. The van der Waals surface area contributed by atoms with Crippen molar-refractivity contribution >= 4 is 142 Å². The molecule has 0 aliphatic heterocycles. The number of nitrogens with zero attached hydrogens (tertiary/aromatic N) is 11. The van der Waals surface area contributed by atoms with Crippen LogP contribution in [0.1, 0.15) is 116 Å². The number of carboxylic acid groups (broad SMARTS) is 5. The Morgan fingerprint density at radius 3 is 1.56 bits per heavy atom. The third-order valence-corrected chi connectivity index (χ3v) is 11.9. The molecule has 402 valence electrons. The Morgan fingerprint density at radius 2 is 1.09 bits per heavy atom. The van der Waals surface area contributed by atoms with E-state index in [0.29, 0.717) is 11.3 Å². The van der Waals surface area contributed by atoms with Gasteiger partial charge in [0.25, 0.3) is 5.69 Å². The number of carboxylic acids is 5. The number of hydrogen-bond donors (Lipinski definition) is 7. The molecule has 0 radical (unpaired) electrons. The van der Waals surface area contributed by atoms with Crippen molar-refractivity contribution in [2.24, 2.45) is 14.1 Å². The molecule has 8 rings (SSSR count). The van der Waals surface area contributed by atoms with Crippen LogP contribution in [0.3, 0.4) is 0 Å². The molecule has 0 amide bonds. The number of rotatable bonds is 8. The van der Waals surface area contributed by atoms with E-state index in [4.69, 9.17) is 31.3 Å². The molecule has 28 heteroatoms. The number of aromatic nitrogens is 11. The van der Waals surface area contributed by atoms with Crippen LogP contribution in [0.25, 0.3) is 32.7 Å². The number of H-pyrrole nitrogens is 1. The molecular formula is C47H56I3N13O12. The lowest BCUT2D eigenvalue weighted by Gasteiger charge is -2.00. The van der Waals surface area contributed by atoms with Crippen LogP contribution in [-0.4, -0.2) is 121 Å². The predicted octanol–water partition coefficient (Wildman–Crippen LogP) is 9.80. The third kappa shape index (κ3) is 22.1. The Morgan fingerprint density at radius 1 is 0.653 bits per heavy atom. The number of aromatic amines is 1. The normalized spacial score (nSPS) is 9.83. The van der Waals surface area contributed by atoms with E-state index in [1.54, 1.807) is 55.9 Å². The Kier molecular flexibility index (Phi) is 29.6. The Hall–Kier alpha value is -7.10. The van der Waals surface area contributed by atoms with Crippen LogP contribution in [-0.2, 0) is 14.1 Å². The SMILES string of the molecule is CCC.CCC(I)I.CCCI.Cc1c(C(=O)O)ncc2c1cnn2C.Cc1cc(C(=O)O)ncc1N.Cc1cc(C(=O)O)ncc1[N+](=O)[O-].Cn1ncc2cc(C(=O)O)ncc21.O=C(O)c1cc2cn[nH]c2cn1. The van der Waals surface area contributed by atoms with Crippen molar-refractivity contribution in [1.29, 1.82) is 0 Å². The molecule has 0 fully saturated rings. The van der Waals surface area contributed by atoms with Crippen molar-refractivity contribution in [2.45, 2.75) is 69.7 Å². The first-order chi connectivity index (χ1) is 35.3. The van der Waals surface area contributed by atoms with Gasteiger partial charge in [-0.05, 0) is 73.4 Å². The molecule has 8 N–H and O–H groups in total. The topological polar surface area (TPSA) is 384 Å². The zero-order valence-corrected chi connectivity index (χ0v) is 48.5. The summed E-state index contributed by atoms with van der Waals surface area (Å²) in [5.74, 6) is -5.29. The monoisotopic (exact) mass is 1380 g/mol. The number of aromatic carboxylic acids is 5. The number of halogens is 3. The minimum absolute atomic E-state index is 0.0247. The van der Waals surface area contributed by atoms with Crippen LogP contribution in [0.2, 0.25) is 0 Å². The standard InChI is InChI=1S/C9H9N3O2.C8H7N3O2.C7H5N3O2.C7H6N2O4.C7H8N2O2.C3H6I2.C3H7I.C3H8/c1-5-6-3-11-12(2)7(6)4-10-8(5)9(13)14;1-11-7-4-9-6(8(12)13)2-5(7)3-10-11;11-7(12)5-1-4-2-9-10-6(4)3-8-5;1-4-2-5(7(10)11)8-3-6(4)9(12)13;1-4-2-6(7(10)11)9-3-5(4)8;1-2-3(4)5;1-2-3-4;1-3-2/h3-4H,1-2H3,(H,13,14);2-4H,1H3,(H,12,13);1-3H,(H,9,10)(H,11,12);2-3H,1H3,(H,10,11);2-3H,8H2,1H3,(H,10,11);3H,2H2,1H3;2-3H2,1H3;3H2,1-2H3. The molecule has 8 heterocycles. The highest BCUT2D eigenvalue weighted by Gasteiger charge is 2.15. The maximum atomic E-state index is 10.8. The average molecular weight is 1380 g/mol. The number of fused-ring (bicyclic) bond motifs is 3. The van der Waals surface area contributed by atoms with E-state index in [9.17, 15) is 34.1 Å². The van der Waals surface area contributed by atoms with Gasteiger partial charge in [-0.3, -0.25) is 24.6 Å². The first-order valence-electron chi connectivity index (χ1n) is 22.0. The maximum Gasteiger partial charge on any atom is 0.354 e. The fraction of sp³-hybridized carbons (Fsp3) is 0.298. The van der Waals surface area contributed by atoms with Crippen LogP contribution >= 0.6 is 67.8 Å². The minimum Gasteiger partial charge on any atom is -0.477 e. The second-order valence-corrected chi connectivity index (χ2v) is 21.5. The van der Waals surface area contributed by atoms with Gasteiger partial charge in [0.15, 0.2) is 5.69 Å². The summed E-state index contributed by atoms with van der Waals surface area (Å²) in [6.45, 7) is 13.5. The Bertz CT molecular complexity index is 3180. The average Bonchev–Trinajstić information content (AvgIpc) is 4.11. The van der Waals surface area contributed by atoms with Gasteiger partial charge in [-0.15, -0.1) is 0 Å². The lowest BCUT2D eigenvalue weighted by molar-refractivity contribution is -0.385. The smallest absolute Gasteiger partial charge is 0.354 e. The zero-order valence-electron chi connectivity index (χ0n) is 42.1. The van der Waals surface area contributed by atoms with Crippen LogP contribution in [0.5, 0.6) is 0 Å². The van der Waals surface area contributed by atoms with Gasteiger partial charge < -0.3 is 31.3 Å². The summed E-state index contributed by atoms with van der Waals surface area (Å²) >= 11 is 7.14. The van der Waals surface area contributed by atoms with Crippen molar-refractivity contribution in [3.05, 3.63) is 129 Å². The van der Waals surface area contributed by atoms with E-state index < -0.39 is 34.8 Å². The van der Waals surface area contributed by atoms with Gasteiger partial charge in [0.1, 0.15) is 29.0 Å².